The first-order chi connectivity index (χ1) is 21.8. The van der Waals surface area contributed by atoms with Crippen molar-refractivity contribution in [3.05, 3.63) is 65.0 Å². The van der Waals surface area contributed by atoms with Gasteiger partial charge in [-0.15, -0.1) is 11.3 Å². The molecule has 4 aliphatic rings. The second-order valence-electron chi connectivity index (χ2n) is 13.7. The number of para-hydroxylation sites is 1. The number of likely N-dealkylation sites (tertiary alicyclic amines) is 3. The number of hydrogen-bond acceptors (Lipinski definition) is 6. The molecular weight excluding hydrogens is 584 g/mol. The molecule has 3 fully saturated rings. The lowest BCUT2D eigenvalue weighted by Gasteiger charge is -2.45. The van der Waals surface area contributed by atoms with E-state index >= 15 is 0 Å². The van der Waals surface area contributed by atoms with Crippen molar-refractivity contribution in [2.75, 3.05) is 44.6 Å². The Kier molecular flexibility index (Phi) is 8.33. The van der Waals surface area contributed by atoms with Gasteiger partial charge in [-0.2, -0.15) is 0 Å². The molecule has 0 aliphatic carbocycles. The number of ether oxygens (including phenoxy) is 1. The Hall–Kier alpha value is -3.43. The lowest BCUT2D eigenvalue weighted by atomic mass is 9.77. The quantitative estimate of drug-likeness (QED) is 0.342. The first kappa shape index (κ1) is 30.2. The maximum absolute atomic E-state index is 14.5. The molecular formula is C36H44N4O4S. The van der Waals surface area contributed by atoms with Crippen LogP contribution in [0.2, 0.25) is 0 Å². The van der Waals surface area contributed by atoms with Gasteiger partial charge in [-0.05, 0) is 80.6 Å². The van der Waals surface area contributed by atoms with Gasteiger partial charge in [-0.3, -0.25) is 14.9 Å². The van der Waals surface area contributed by atoms with Crippen LogP contribution in [0, 0.1) is 5.41 Å². The van der Waals surface area contributed by atoms with Gasteiger partial charge in [0, 0.05) is 61.7 Å². The fourth-order valence-corrected chi connectivity index (χ4v) is 9.16. The third-order valence-corrected chi connectivity index (χ3v) is 11.7. The maximum atomic E-state index is 14.5. The van der Waals surface area contributed by atoms with Crippen molar-refractivity contribution in [1.82, 2.24) is 14.7 Å². The monoisotopic (exact) mass is 628 g/mol. The van der Waals surface area contributed by atoms with Crippen molar-refractivity contribution in [3.8, 4) is 0 Å². The Labute approximate surface area is 269 Å². The molecule has 1 spiro atoms. The molecule has 0 radical (unpaired) electrons. The molecule has 7 rings (SSSR count). The minimum absolute atomic E-state index is 0.00279. The zero-order chi connectivity index (χ0) is 31.0. The first-order valence-electron chi connectivity index (χ1n) is 16.7. The molecule has 0 bridgehead atoms. The van der Waals surface area contributed by atoms with Gasteiger partial charge in [-0.1, -0.05) is 42.8 Å². The van der Waals surface area contributed by atoms with Crippen molar-refractivity contribution in [2.45, 2.75) is 76.4 Å². The number of carbonyl (C=O) groups excluding carboxylic acids is 3. The first-order valence-corrected chi connectivity index (χ1v) is 17.6. The average molecular weight is 629 g/mol. The van der Waals surface area contributed by atoms with Gasteiger partial charge in [0.05, 0.1) is 11.1 Å². The van der Waals surface area contributed by atoms with Crippen LogP contribution in [0.4, 0.5) is 10.5 Å². The number of carbonyl (C=O) groups is 3. The Morgan fingerprint density at radius 1 is 0.933 bits per heavy atom. The summed E-state index contributed by atoms with van der Waals surface area (Å²) in [7, 11) is 0. The minimum Gasteiger partial charge on any atom is -0.438 e. The number of piperidine rings is 3. The van der Waals surface area contributed by atoms with Crippen LogP contribution in [0.5, 0.6) is 0 Å². The number of rotatable bonds is 6. The van der Waals surface area contributed by atoms with Gasteiger partial charge in [0.25, 0.3) is 0 Å². The fourth-order valence-electron chi connectivity index (χ4n) is 8.19. The molecule has 0 saturated carbocycles. The highest BCUT2D eigenvalue weighted by atomic mass is 32.1. The molecule has 1 unspecified atom stereocenters. The van der Waals surface area contributed by atoms with E-state index in [4.69, 9.17) is 4.74 Å². The number of thiophene rings is 1. The van der Waals surface area contributed by atoms with Crippen molar-refractivity contribution < 1.29 is 19.1 Å². The number of amides is 3. The van der Waals surface area contributed by atoms with Crippen molar-refractivity contribution in [1.29, 1.82) is 0 Å². The van der Waals surface area contributed by atoms with Gasteiger partial charge in [0.1, 0.15) is 5.60 Å². The summed E-state index contributed by atoms with van der Waals surface area (Å²) in [6, 6.07) is 16.7. The predicted molar refractivity (Wildman–Crippen MR) is 177 cm³/mol. The molecule has 9 heteroatoms. The van der Waals surface area contributed by atoms with E-state index < -0.39 is 17.1 Å². The second-order valence-corrected chi connectivity index (χ2v) is 14.6. The van der Waals surface area contributed by atoms with Crippen LogP contribution in [0.3, 0.4) is 0 Å². The molecule has 8 nitrogen and oxygen atoms in total. The number of anilines is 1. The number of nitrogens with one attached hydrogen (secondary N) is 1. The van der Waals surface area contributed by atoms with Gasteiger partial charge < -0.3 is 19.4 Å². The largest absolute Gasteiger partial charge is 0.438 e. The summed E-state index contributed by atoms with van der Waals surface area (Å²) in [6.45, 7) is 6.81. The predicted octanol–water partition coefficient (Wildman–Crippen LogP) is 6.40. The lowest BCUT2D eigenvalue weighted by molar-refractivity contribution is -0.150. The average Bonchev–Trinajstić information content (AvgIpc) is 3.47. The molecule has 3 saturated heterocycles. The van der Waals surface area contributed by atoms with Crippen molar-refractivity contribution >= 4 is 45.0 Å². The molecule has 1 atom stereocenters. The summed E-state index contributed by atoms with van der Waals surface area (Å²) in [6.07, 6.45) is 7.19. The topological polar surface area (TPSA) is 82.2 Å². The van der Waals surface area contributed by atoms with Crippen LogP contribution in [-0.4, -0.2) is 77.9 Å². The van der Waals surface area contributed by atoms with Gasteiger partial charge >= 0.3 is 6.09 Å². The van der Waals surface area contributed by atoms with E-state index in [-0.39, 0.29) is 18.2 Å². The highest BCUT2D eigenvalue weighted by Gasteiger charge is 2.47. The number of fused-ring (bicyclic) bond motifs is 3. The van der Waals surface area contributed by atoms with Crippen LogP contribution in [0.15, 0.2) is 53.9 Å². The Morgan fingerprint density at radius 3 is 2.42 bits per heavy atom. The molecule has 1 N–H and O–H groups in total. The van der Waals surface area contributed by atoms with E-state index in [2.05, 4.69) is 27.7 Å². The van der Waals surface area contributed by atoms with E-state index in [1.165, 1.54) is 42.4 Å². The van der Waals surface area contributed by atoms with Crippen molar-refractivity contribution in [2.24, 2.45) is 5.41 Å². The smallest absolute Gasteiger partial charge is 0.412 e. The minimum atomic E-state index is -0.859. The Bertz CT molecular complexity index is 1570. The van der Waals surface area contributed by atoms with Crippen LogP contribution >= 0.6 is 11.3 Å². The van der Waals surface area contributed by atoms with Crippen LogP contribution in [0.1, 0.15) is 69.4 Å². The van der Waals surface area contributed by atoms with E-state index in [1.54, 1.807) is 11.3 Å². The van der Waals surface area contributed by atoms with Crippen LogP contribution < -0.4 is 5.32 Å². The van der Waals surface area contributed by atoms with E-state index in [1.807, 2.05) is 53.1 Å². The fraction of sp³-hybridized carbons (Fsp3) is 0.528. The van der Waals surface area contributed by atoms with Crippen LogP contribution in [-0.2, 0) is 26.3 Å². The van der Waals surface area contributed by atoms with E-state index in [9.17, 15) is 14.4 Å². The Balaban J connectivity index is 1.08. The normalized spacial score (nSPS) is 22.0. The van der Waals surface area contributed by atoms with Gasteiger partial charge in [-0.25, -0.2) is 4.79 Å². The highest BCUT2D eigenvalue weighted by molar-refractivity contribution is 7.17. The number of benzene rings is 2. The SMILES string of the molecule is CC(CC(=O)N1CCC2(CC1)OC(=O)Nc1ccccc12)(Cc1csc2ccccc12)C(=O)N1CCC(N2CCCCC2)CC1. The molecule has 5 heterocycles. The standard InChI is InChI=1S/C36H44N4O4S/c1-35(23-26-25-45-31-12-6-3-9-28(26)31,33(42)40-19-13-27(14-20-40)38-17-7-2-8-18-38)24-32(41)39-21-15-36(16-22-39)29-10-4-5-11-30(29)37-34(43)44-36/h3-6,9-12,25,27H,2,7-8,13-24H2,1H3,(H,37,43). The lowest BCUT2D eigenvalue weighted by Crippen LogP contribution is -2.53. The summed E-state index contributed by atoms with van der Waals surface area (Å²) < 4.78 is 7.10. The van der Waals surface area contributed by atoms with E-state index in [0.29, 0.717) is 38.4 Å². The summed E-state index contributed by atoms with van der Waals surface area (Å²) in [4.78, 5) is 47.5. The summed E-state index contributed by atoms with van der Waals surface area (Å²) >= 11 is 1.70. The highest BCUT2D eigenvalue weighted by Crippen LogP contribution is 2.44. The zero-order valence-corrected chi connectivity index (χ0v) is 27.1. The third-order valence-electron chi connectivity index (χ3n) is 10.7. The summed E-state index contributed by atoms with van der Waals surface area (Å²) in [5.74, 6) is 0.0925. The van der Waals surface area contributed by atoms with Crippen molar-refractivity contribution in [3.63, 3.8) is 0 Å². The van der Waals surface area contributed by atoms with E-state index in [0.717, 1.165) is 42.7 Å². The Morgan fingerprint density at radius 2 is 1.64 bits per heavy atom. The molecule has 1 aromatic heterocycles. The summed E-state index contributed by atoms with van der Waals surface area (Å²) in [5, 5.41) is 6.14. The number of hydrogen-bond donors (Lipinski definition) is 1. The summed E-state index contributed by atoms with van der Waals surface area (Å²) in [5.41, 5.74) is 1.29. The zero-order valence-electron chi connectivity index (χ0n) is 26.3. The number of nitrogens with zero attached hydrogens (tertiary/aromatic N) is 3. The molecule has 3 aromatic rings. The third kappa shape index (κ3) is 5.97. The van der Waals surface area contributed by atoms with Gasteiger partial charge in [0.2, 0.25) is 11.8 Å². The van der Waals surface area contributed by atoms with Gasteiger partial charge in [0.15, 0.2) is 0 Å². The molecule has 4 aliphatic heterocycles. The van der Waals surface area contributed by atoms with Crippen LogP contribution in [0.25, 0.3) is 10.1 Å². The molecule has 3 amide bonds. The molecule has 2 aromatic carbocycles. The maximum Gasteiger partial charge on any atom is 0.412 e. The second kappa shape index (κ2) is 12.4. The molecule has 238 valence electrons. The molecule has 45 heavy (non-hydrogen) atoms.